The predicted molar refractivity (Wildman–Crippen MR) is 127 cm³/mol. The summed E-state index contributed by atoms with van der Waals surface area (Å²) in [5.74, 6) is 2.11. The van der Waals surface area contributed by atoms with E-state index in [4.69, 9.17) is 0 Å². The van der Waals surface area contributed by atoms with Crippen molar-refractivity contribution >= 4 is 17.4 Å². The molecule has 1 aliphatic rings. The molecule has 1 fully saturated rings. The van der Waals surface area contributed by atoms with Crippen LogP contribution < -0.4 is 10.6 Å². The van der Waals surface area contributed by atoms with Crippen molar-refractivity contribution in [3.8, 4) is 16.8 Å². The lowest BCUT2D eigenvalue weighted by Gasteiger charge is -2.16. The second-order valence-electron chi connectivity index (χ2n) is 8.13. The van der Waals surface area contributed by atoms with Crippen molar-refractivity contribution in [2.45, 2.75) is 31.7 Å². The highest BCUT2D eigenvalue weighted by Gasteiger charge is 2.28. The molecule has 4 aromatic rings. The lowest BCUT2D eigenvalue weighted by Crippen LogP contribution is -2.32. The Hall–Kier alpha value is -3.93. The van der Waals surface area contributed by atoms with Crippen LogP contribution in [0.25, 0.3) is 16.8 Å². The zero-order chi connectivity index (χ0) is 21.9. The number of aromatic nitrogens is 3. The third-order valence-corrected chi connectivity index (χ3v) is 5.66. The van der Waals surface area contributed by atoms with E-state index in [0.29, 0.717) is 11.7 Å². The normalized spacial score (nSPS) is 14.0. The fourth-order valence-corrected chi connectivity index (χ4v) is 3.71. The van der Waals surface area contributed by atoms with E-state index in [1.165, 1.54) is 12.8 Å². The molecule has 0 saturated heterocycles. The van der Waals surface area contributed by atoms with Gasteiger partial charge < -0.3 is 15.2 Å². The summed E-state index contributed by atoms with van der Waals surface area (Å²) >= 11 is 0. The Kier molecular flexibility index (Phi) is 5.42. The maximum atomic E-state index is 12.6. The zero-order valence-electron chi connectivity index (χ0n) is 17.9. The molecular weight excluding hydrogens is 398 g/mol. The summed E-state index contributed by atoms with van der Waals surface area (Å²) in [4.78, 5) is 21.5. The first-order valence-electron chi connectivity index (χ1n) is 10.9. The summed E-state index contributed by atoms with van der Waals surface area (Å²) in [6.45, 7) is 1.84. The van der Waals surface area contributed by atoms with Gasteiger partial charge in [0, 0.05) is 41.4 Å². The summed E-state index contributed by atoms with van der Waals surface area (Å²) in [5, 5.41) is 6.13. The molecule has 5 rings (SSSR count). The number of benzene rings is 2. The molecule has 0 radical (unpaired) electrons. The molecule has 0 spiro atoms. The third kappa shape index (κ3) is 4.39. The van der Waals surface area contributed by atoms with Gasteiger partial charge in [0.05, 0.1) is 0 Å². The average Bonchev–Trinajstić information content (AvgIpc) is 3.57. The maximum Gasteiger partial charge on any atom is 0.247 e. The number of nitrogens with zero attached hydrogens (tertiary/aromatic N) is 3. The quantitative estimate of drug-likeness (QED) is 0.426. The number of carbonyl (C=O) groups is 1. The Morgan fingerprint density at radius 1 is 0.969 bits per heavy atom. The lowest BCUT2D eigenvalue weighted by molar-refractivity contribution is -0.116. The van der Waals surface area contributed by atoms with Gasteiger partial charge in [-0.1, -0.05) is 30.3 Å². The smallest absolute Gasteiger partial charge is 0.247 e. The largest absolute Gasteiger partial charge is 0.374 e. The molecule has 1 atom stereocenters. The first-order chi connectivity index (χ1) is 15.7. The third-order valence-electron chi connectivity index (χ3n) is 5.66. The van der Waals surface area contributed by atoms with Crippen LogP contribution in [0.5, 0.6) is 0 Å². The van der Waals surface area contributed by atoms with E-state index in [-0.39, 0.29) is 5.91 Å². The summed E-state index contributed by atoms with van der Waals surface area (Å²) in [6.07, 6.45) is 8.06. The summed E-state index contributed by atoms with van der Waals surface area (Å²) in [5.41, 5.74) is 4.07. The van der Waals surface area contributed by atoms with Crippen molar-refractivity contribution in [3.63, 3.8) is 0 Å². The number of amides is 1. The van der Waals surface area contributed by atoms with Gasteiger partial charge >= 0.3 is 0 Å². The maximum absolute atomic E-state index is 12.6. The molecule has 0 bridgehead atoms. The minimum absolute atomic E-state index is 0.139. The van der Waals surface area contributed by atoms with Gasteiger partial charge in [-0.2, -0.15) is 0 Å². The summed E-state index contributed by atoms with van der Waals surface area (Å²) in [6, 6.07) is 21.5. The van der Waals surface area contributed by atoms with Gasteiger partial charge in [-0.15, -0.1) is 0 Å². The molecule has 6 heteroatoms. The molecule has 2 aromatic heterocycles. The Morgan fingerprint density at radius 3 is 2.44 bits per heavy atom. The van der Waals surface area contributed by atoms with Crippen LogP contribution in [0.4, 0.5) is 11.5 Å². The number of rotatable bonds is 7. The highest BCUT2D eigenvalue weighted by Crippen LogP contribution is 2.39. The van der Waals surface area contributed by atoms with E-state index in [1.807, 2.05) is 86.0 Å². The van der Waals surface area contributed by atoms with Crippen molar-refractivity contribution in [2.75, 3.05) is 10.6 Å². The van der Waals surface area contributed by atoms with Crippen molar-refractivity contribution in [1.82, 2.24) is 14.5 Å². The van der Waals surface area contributed by atoms with Crippen LogP contribution in [-0.4, -0.2) is 26.5 Å². The number of hydrogen-bond acceptors (Lipinski definition) is 4. The van der Waals surface area contributed by atoms with Crippen LogP contribution in [0.2, 0.25) is 0 Å². The van der Waals surface area contributed by atoms with Crippen LogP contribution >= 0.6 is 0 Å². The number of anilines is 2. The molecule has 1 unspecified atom stereocenters. The summed E-state index contributed by atoms with van der Waals surface area (Å²) < 4.78 is 2.14. The first kappa shape index (κ1) is 20.0. The van der Waals surface area contributed by atoms with Crippen LogP contribution in [0.15, 0.2) is 85.3 Å². The van der Waals surface area contributed by atoms with Crippen molar-refractivity contribution < 1.29 is 4.79 Å². The van der Waals surface area contributed by atoms with Gasteiger partial charge in [-0.3, -0.25) is 4.79 Å². The Labute approximate surface area is 187 Å². The monoisotopic (exact) mass is 423 g/mol. The van der Waals surface area contributed by atoms with Crippen LogP contribution in [0, 0.1) is 0 Å². The molecule has 0 aliphatic heterocycles. The SMILES string of the molecule is CC(Nc1ccc(-n2ccnc2C2CC2)cc1)C(=O)Nc1ccc(-c2ccccc2)cn1. The minimum atomic E-state index is -0.410. The minimum Gasteiger partial charge on any atom is -0.374 e. The molecule has 2 heterocycles. The van der Waals surface area contributed by atoms with Gasteiger partial charge in [0.2, 0.25) is 5.91 Å². The number of nitrogens with one attached hydrogen (secondary N) is 2. The van der Waals surface area contributed by atoms with E-state index in [0.717, 1.165) is 28.3 Å². The van der Waals surface area contributed by atoms with Gasteiger partial charge in [-0.25, -0.2) is 9.97 Å². The molecule has 6 nitrogen and oxygen atoms in total. The van der Waals surface area contributed by atoms with Crippen LogP contribution in [-0.2, 0) is 4.79 Å². The van der Waals surface area contributed by atoms with E-state index < -0.39 is 6.04 Å². The van der Waals surface area contributed by atoms with Crippen molar-refractivity contribution in [2.24, 2.45) is 0 Å². The van der Waals surface area contributed by atoms with Crippen LogP contribution in [0.1, 0.15) is 31.5 Å². The Bertz CT molecular complexity index is 1200. The van der Waals surface area contributed by atoms with E-state index >= 15 is 0 Å². The molecule has 32 heavy (non-hydrogen) atoms. The van der Waals surface area contributed by atoms with Gasteiger partial charge in [0.1, 0.15) is 17.7 Å². The highest BCUT2D eigenvalue weighted by molar-refractivity contribution is 5.95. The van der Waals surface area contributed by atoms with Crippen molar-refractivity contribution in [3.05, 3.63) is 91.1 Å². The number of hydrogen-bond donors (Lipinski definition) is 2. The van der Waals surface area contributed by atoms with E-state index in [2.05, 4.69) is 25.2 Å². The Morgan fingerprint density at radius 2 is 1.75 bits per heavy atom. The van der Waals surface area contributed by atoms with Crippen LogP contribution in [0.3, 0.4) is 0 Å². The zero-order valence-corrected chi connectivity index (χ0v) is 17.9. The predicted octanol–water partition coefficient (Wildman–Crippen LogP) is 5.25. The standard InChI is InChI=1S/C26H25N5O/c1-18(26(32)30-24-14-9-21(17-28-24)19-5-3-2-4-6-19)29-22-10-12-23(13-11-22)31-16-15-27-25(31)20-7-8-20/h2-6,9-18,20,29H,7-8H2,1H3,(H,28,30,32). The average molecular weight is 424 g/mol. The highest BCUT2D eigenvalue weighted by atomic mass is 16.2. The number of imidazole rings is 1. The van der Waals surface area contributed by atoms with Crippen molar-refractivity contribution in [1.29, 1.82) is 0 Å². The first-order valence-corrected chi connectivity index (χ1v) is 10.9. The molecular formula is C26H25N5O. The van der Waals surface area contributed by atoms with Gasteiger partial charge in [0.15, 0.2) is 0 Å². The number of carbonyl (C=O) groups excluding carboxylic acids is 1. The summed E-state index contributed by atoms with van der Waals surface area (Å²) in [7, 11) is 0. The molecule has 1 aliphatic carbocycles. The van der Waals surface area contributed by atoms with Gasteiger partial charge in [-0.05, 0) is 61.7 Å². The fraction of sp³-hybridized carbons (Fsp3) is 0.192. The molecule has 2 aromatic carbocycles. The van der Waals surface area contributed by atoms with Gasteiger partial charge in [0.25, 0.3) is 0 Å². The topological polar surface area (TPSA) is 71.8 Å². The second kappa shape index (κ2) is 8.67. The molecule has 160 valence electrons. The second-order valence-corrected chi connectivity index (χ2v) is 8.13. The fourth-order valence-electron chi connectivity index (χ4n) is 3.71. The molecule has 1 saturated carbocycles. The van der Waals surface area contributed by atoms with E-state index in [9.17, 15) is 4.79 Å². The Balaban J connectivity index is 1.20. The number of pyridine rings is 1. The molecule has 2 N–H and O–H groups in total. The van der Waals surface area contributed by atoms with E-state index in [1.54, 1.807) is 6.20 Å². The lowest BCUT2D eigenvalue weighted by atomic mass is 10.1. The molecule has 1 amide bonds.